The minimum atomic E-state index is 0.421. The molecule has 5 nitrogen and oxygen atoms in total. The lowest BCUT2D eigenvalue weighted by Gasteiger charge is -2.10. The van der Waals surface area contributed by atoms with E-state index in [0.29, 0.717) is 23.9 Å². The fourth-order valence-electron chi connectivity index (χ4n) is 1.45. The zero-order chi connectivity index (χ0) is 12.3. The van der Waals surface area contributed by atoms with Crippen LogP contribution in [0, 0.1) is 6.92 Å². The van der Waals surface area contributed by atoms with Gasteiger partial charge >= 0.3 is 0 Å². The van der Waals surface area contributed by atoms with Gasteiger partial charge in [-0.25, -0.2) is 9.67 Å². The third kappa shape index (κ3) is 2.44. The molecular formula is C12H14N4O. The summed E-state index contributed by atoms with van der Waals surface area (Å²) in [6.07, 6.45) is 3.32. The van der Waals surface area contributed by atoms with E-state index in [1.54, 1.807) is 29.2 Å². The lowest BCUT2D eigenvalue weighted by Crippen LogP contribution is -2.02. The van der Waals surface area contributed by atoms with Crippen molar-refractivity contribution in [2.45, 2.75) is 6.92 Å². The third-order valence-corrected chi connectivity index (χ3v) is 2.19. The first kappa shape index (κ1) is 11.2. The summed E-state index contributed by atoms with van der Waals surface area (Å²) in [7, 11) is 0. The van der Waals surface area contributed by atoms with Crippen LogP contribution in [-0.2, 0) is 0 Å². The van der Waals surface area contributed by atoms with Crippen LogP contribution in [0.4, 0.5) is 5.69 Å². The molecule has 5 heteroatoms. The number of benzene rings is 1. The van der Waals surface area contributed by atoms with Crippen LogP contribution in [0.1, 0.15) is 5.82 Å². The Kier molecular flexibility index (Phi) is 3.09. The van der Waals surface area contributed by atoms with E-state index in [0.717, 1.165) is 5.69 Å². The first-order valence-electron chi connectivity index (χ1n) is 5.22. The van der Waals surface area contributed by atoms with Crippen LogP contribution >= 0.6 is 0 Å². The van der Waals surface area contributed by atoms with Crippen molar-refractivity contribution in [1.82, 2.24) is 14.8 Å². The predicted octanol–water partition coefficient (Wildman–Crippen LogP) is 1.72. The van der Waals surface area contributed by atoms with Crippen LogP contribution in [0.2, 0.25) is 0 Å². The Labute approximate surface area is 99.5 Å². The summed E-state index contributed by atoms with van der Waals surface area (Å²) in [4.78, 5) is 4.08. The molecule has 2 N–H and O–H groups in total. The van der Waals surface area contributed by atoms with Crippen LogP contribution in [0.25, 0.3) is 5.69 Å². The molecule has 0 amide bonds. The number of nitrogen functional groups attached to an aromatic ring is 1. The lowest BCUT2D eigenvalue weighted by molar-refractivity contribution is 0.361. The largest absolute Gasteiger partial charge is 0.487 e. The molecule has 0 aliphatic heterocycles. The van der Waals surface area contributed by atoms with Gasteiger partial charge in [-0.05, 0) is 19.1 Å². The van der Waals surface area contributed by atoms with Gasteiger partial charge in [-0.2, -0.15) is 5.10 Å². The van der Waals surface area contributed by atoms with Gasteiger partial charge in [0.25, 0.3) is 0 Å². The van der Waals surface area contributed by atoms with Gasteiger partial charge in [-0.1, -0.05) is 12.7 Å². The van der Waals surface area contributed by atoms with Crippen LogP contribution in [-0.4, -0.2) is 21.4 Å². The van der Waals surface area contributed by atoms with E-state index in [2.05, 4.69) is 16.7 Å². The van der Waals surface area contributed by atoms with E-state index in [4.69, 9.17) is 10.5 Å². The maximum Gasteiger partial charge on any atom is 0.147 e. The molecule has 0 atom stereocenters. The summed E-state index contributed by atoms with van der Waals surface area (Å²) in [6, 6.07) is 5.41. The highest BCUT2D eigenvalue weighted by molar-refractivity contribution is 5.55. The average molecular weight is 230 g/mol. The van der Waals surface area contributed by atoms with Crippen LogP contribution in [0.5, 0.6) is 5.75 Å². The molecule has 0 saturated heterocycles. The second kappa shape index (κ2) is 4.69. The van der Waals surface area contributed by atoms with Gasteiger partial charge < -0.3 is 10.5 Å². The molecular weight excluding hydrogens is 216 g/mol. The fraction of sp³-hybridized carbons (Fsp3) is 0.167. The third-order valence-electron chi connectivity index (χ3n) is 2.19. The van der Waals surface area contributed by atoms with Crippen molar-refractivity contribution in [3.63, 3.8) is 0 Å². The minimum Gasteiger partial charge on any atom is -0.487 e. The summed E-state index contributed by atoms with van der Waals surface area (Å²) < 4.78 is 7.20. The highest BCUT2D eigenvalue weighted by Crippen LogP contribution is 2.25. The Bertz CT molecular complexity index is 533. The van der Waals surface area contributed by atoms with Gasteiger partial charge in [0.15, 0.2) is 0 Å². The second-order valence-corrected chi connectivity index (χ2v) is 3.56. The molecule has 0 aliphatic carbocycles. The van der Waals surface area contributed by atoms with E-state index in [-0.39, 0.29) is 0 Å². The topological polar surface area (TPSA) is 66.0 Å². The molecule has 2 aromatic rings. The minimum absolute atomic E-state index is 0.421. The summed E-state index contributed by atoms with van der Waals surface area (Å²) in [5, 5.41) is 4.24. The zero-order valence-corrected chi connectivity index (χ0v) is 9.63. The van der Waals surface area contributed by atoms with Gasteiger partial charge in [-0.15, -0.1) is 0 Å². The van der Waals surface area contributed by atoms with Gasteiger partial charge in [0.2, 0.25) is 0 Å². The standard InChI is InChI=1S/C12H14N4O/c1-3-6-17-12-7-10(13)4-5-11(12)16-8-14-9(2)15-16/h3-5,7-8H,1,6,13H2,2H3. The van der Waals surface area contributed by atoms with Gasteiger partial charge in [-0.3, -0.25) is 0 Å². The summed E-state index contributed by atoms with van der Waals surface area (Å²) in [5.74, 6) is 1.37. The van der Waals surface area contributed by atoms with Crippen molar-refractivity contribution >= 4 is 5.69 Å². The molecule has 17 heavy (non-hydrogen) atoms. The molecule has 1 heterocycles. The maximum absolute atomic E-state index is 5.73. The van der Waals surface area contributed by atoms with Gasteiger partial charge in [0.1, 0.15) is 30.2 Å². The summed E-state index contributed by atoms with van der Waals surface area (Å²) in [5.41, 5.74) is 7.18. The monoisotopic (exact) mass is 230 g/mol. The van der Waals surface area contributed by atoms with E-state index >= 15 is 0 Å². The number of ether oxygens (including phenoxy) is 1. The number of nitrogens with zero attached hydrogens (tertiary/aromatic N) is 3. The Morgan fingerprint density at radius 2 is 2.35 bits per heavy atom. The molecule has 0 spiro atoms. The average Bonchev–Trinajstić information content (AvgIpc) is 2.73. The lowest BCUT2D eigenvalue weighted by atomic mass is 10.2. The number of aryl methyl sites for hydroxylation is 1. The van der Waals surface area contributed by atoms with Crippen LogP contribution in [0.3, 0.4) is 0 Å². The normalized spacial score (nSPS) is 10.2. The highest BCUT2D eigenvalue weighted by atomic mass is 16.5. The van der Waals surface area contributed by atoms with Crippen molar-refractivity contribution in [3.05, 3.63) is 43.0 Å². The second-order valence-electron chi connectivity index (χ2n) is 3.56. The maximum atomic E-state index is 5.73. The van der Waals surface area contributed by atoms with Crippen molar-refractivity contribution in [3.8, 4) is 11.4 Å². The van der Waals surface area contributed by atoms with E-state index in [9.17, 15) is 0 Å². The van der Waals surface area contributed by atoms with E-state index in [1.807, 2.05) is 13.0 Å². The number of rotatable bonds is 4. The van der Waals surface area contributed by atoms with E-state index < -0.39 is 0 Å². The quantitative estimate of drug-likeness (QED) is 0.641. The molecule has 0 aliphatic rings. The molecule has 0 saturated carbocycles. The highest BCUT2D eigenvalue weighted by Gasteiger charge is 2.07. The van der Waals surface area contributed by atoms with Crippen molar-refractivity contribution < 1.29 is 4.74 Å². The predicted molar refractivity (Wildman–Crippen MR) is 66.2 cm³/mol. The number of anilines is 1. The number of hydrogen-bond acceptors (Lipinski definition) is 4. The first-order chi connectivity index (χ1) is 8.20. The zero-order valence-electron chi connectivity index (χ0n) is 9.63. The fourth-order valence-corrected chi connectivity index (χ4v) is 1.45. The van der Waals surface area contributed by atoms with E-state index in [1.165, 1.54) is 0 Å². The van der Waals surface area contributed by atoms with Crippen molar-refractivity contribution in [2.24, 2.45) is 0 Å². The Morgan fingerprint density at radius 1 is 1.53 bits per heavy atom. The van der Waals surface area contributed by atoms with Crippen LogP contribution in [0.15, 0.2) is 37.2 Å². The SMILES string of the molecule is C=CCOc1cc(N)ccc1-n1cnc(C)n1. The van der Waals surface area contributed by atoms with Gasteiger partial charge in [0.05, 0.1) is 0 Å². The molecule has 2 rings (SSSR count). The smallest absolute Gasteiger partial charge is 0.147 e. The molecule has 0 unspecified atom stereocenters. The Hall–Kier alpha value is -2.30. The van der Waals surface area contributed by atoms with Crippen molar-refractivity contribution in [1.29, 1.82) is 0 Å². The molecule has 1 aromatic heterocycles. The van der Waals surface area contributed by atoms with Crippen LogP contribution < -0.4 is 10.5 Å². The Balaban J connectivity index is 2.41. The number of aromatic nitrogens is 3. The summed E-state index contributed by atoms with van der Waals surface area (Å²) in [6.45, 7) is 5.87. The molecule has 0 radical (unpaired) electrons. The number of hydrogen-bond donors (Lipinski definition) is 1. The van der Waals surface area contributed by atoms with Gasteiger partial charge in [0, 0.05) is 11.8 Å². The van der Waals surface area contributed by atoms with Crippen molar-refractivity contribution in [2.75, 3.05) is 12.3 Å². The molecule has 88 valence electrons. The first-order valence-corrected chi connectivity index (χ1v) is 5.22. The Morgan fingerprint density at radius 3 is 3.00 bits per heavy atom. The molecule has 0 bridgehead atoms. The molecule has 0 fully saturated rings. The molecule has 1 aromatic carbocycles. The summed E-state index contributed by atoms with van der Waals surface area (Å²) >= 11 is 0. The number of nitrogens with two attached hydrogens (primary N) is 1.